The Morgan fingerprint density at radius 2 is 1.71 bits per heavy atom. The molecule has 0 unspecified atom stereocenters. The van der Waals surface area contributed by atoms with Crippen LogP contribution in [-0.2, 0) is 11.4 Å². The van der Waals surface area contributed by atoms with Gasteiger partial charge in [0.05, 0.1) is 6.04 Å². The highest BCUT2D eigenvalue weighted by Crippen LogP contribution is 2.23. The summed E-state index contributed by atoms with van der Waals surface area (Å²) in [5, 5.41) is 0. The molecule has 1 N–H and O–H groups in total. The molecule has 0 amide bonds. The van der Waals surface area contributed by atoms with Crippen molar-refractivity contribution in [1.29, 1.82) is 0 Å². The molecule has 0 aliphatic carbocycles. The lowest BCUT2D eigenvalue weighted by Gasteiger charge is -2.26. The van der Waals surface area contributed by atoms with Crippen molar-refractivity contribution in [1.82, 2.24) is 4.72 Å². The van der Waals surface area contributed by atoms with Crippen molar-refractivity contribution in [2.24, 2.45) is 0 Å². The van der Waals surface area contributed by atoms with Crippen LogP contribution < -0.4 is 9.46 Å². The van der Waals surface area contributed by atoms with Gasteiger partial charge in [0.2, 0.25) is 0 Å². The molecule has 120 valence electrons. The summed E-state index contributed by atoms with van der Waals surface area (Å²) in [6.07, 6.45) is -4.35. The van der Waals surface area contributed by atoms with Gasteiger partial charge in [-0.15, -0.1) is 4.72 Å². The Morgan fingerprint density at radius 1 is 1.19 bits per heavy atom. The zero-order valence-electron chi connectivity index (χ0n) is 12.5. The monoisotopic (exact) mass is 323 g/mol. The third kappa shape index (κ3) is 6.58. The summed E-state index contributed by atoms with van der Waals surface area (Å²) in [6.45, 7) is 6.11. The molecule has 0 aromatic heterocycles. The van der Waals surface area contributed by atoms with E-state index in [9.17, 15) is 17.7 Å². The molecule has 21 heavy (non-hydrogen) atoms. The quantitative estimate of drug-likeness (QED) is 0.840. The molecule has 3 nitrogen and oxygen atoms in total. The van der Waals surface area contributed by atoms with Gasteiger partial charge >= 0.3 is 6.18 Å². The van der Waals surface area contributed by atoms with Gasteiger partial charge in [-0.25, -0.2) is 0 Å². The molecular formula is C14H20F3NO2S. The summed E-state index contributed by atoms with van der Waals surface area (Å²) in [4.78, 5) is 0. The molecule has 0 fully saturated rings. The molecular weight excluding hydrogens is 303 g/mol. The van der Waals surface area contributed by atoms with E-state index in [1.807, 2.05) is 27.7 Å². The van der Waals surface area contributed by atoms with Gasteiger partial charge in [0.1, 0.15) is 10.5 Å². The fourth-order valence-corrected chi connectivity index (χ4v) is 2.23. The minimum absolute atomic E-state index is 0.153. The maximum Gasteiger partial charge on any atom is 0.422 e. The fraction of sp³-hybridized carbons (Fsp3) is 0.571. The summed E-state index contributed by atoms with van der Waals surface area (Å²) < 4.78 is 55.3. The predicted octanol–water partition coefficient (Wildman–Crippen LogP) is 3.74. The van der Waals surface area contributed by atoms with Gasteiger partial charge in [-0.05, 0) is 45.4 Å². The summed E-state index contributed by atoms with van der Waals surface area (Å²) >= 11 is -1.22. The average Bonchev–Trinajstić information content (AvgIpc) is 2.35. The molecule has 0 aliphatic heterocycles. The van der Waals surface area contributed by atoms with Crippen LogP contribution in [0.3, 0.4) is 0 Å². The van der Waals surface area contributed by atoms with E-state index < -0.39 is 24.1 Å². The predicted molar refractivity (Wildman–Crippen MR) is 77.4 cm³/mol. The topological polar surface area (TPSA) is 44.3 Å². The molecule has 0 spiro atoms. The van der Waals surface area contributed by atoms with E-state index in [1.54, 1.807) is 12.1 Å². The molecule has 2 atom stereocenters. The number of ether oxygens (including phenoxy) is 1. The molecule has 1 aromatic rings. The van der Waals surface area contributed by atoms with Gasteiger partial charge < -0.3 is 9.29 Å². The van der Waals surface area contributed by atoms with Crippen molar-refractivity contribution < 1.29 is 22.5 Å². The Labute approximate surface area is 126 Å². The minimum atomic E-state index is -4.35. The molecule has 0 saturated heterocycles. The second kappa shape index (κ2) is 6.89. The summed E-state index contributed by atoms with van der Waals surface area (Å²) in [5.41, 5.74) is 0.826. The third-order valence-electron chi connectivity index (χ3n) is 2.62. The zero-order chi connectivity index (χ0) is 16.3. The maximum atomic E-state index is 12.0. The lowest BCUT2D eigenvalue weighted by Crippen LogP contribution is -2.40. The molecule has 1 rings (SSSR count). The van der Waals surface area contributed by atoms with Gasteiger partial charge in [0.25, 0.3) is 0 Å². The van der Waals surface area contributed by atoms with Gasteiger partial charge in [-0.1, -0.05) is 12.1 Å². The van der Waals surface area contributed by atoms with Crippen molar-refractivity contribution in [2.45, 2.75) is 44.7 Å². The lowest BCUT2D eigenvalue weighted by atomic mass is 10.1. The van der Waals surface area contributed by atoms with Crippen LogP contribution in [0.1, 0.15) is 39.3 Å². The minimum Gasteiger partial charge on any atom is -0.598 e. The van der Waals surface area contributed by atoms with Crippen LogP contribution in [0.5, 0.6) is 5.75 Å². The molecule has 0 radical (unpaired) electrons. The van der Waals surface area contributed by atoms with Crippen LogP contribution in [0.15, 0.2) is 24.3 Å². The average molecular weight is 323 g/mol. The fourth-order valence-electron chi connectivity index (χ4n) is 1.42. The lowest BCUT2D eigenvalue weighted by molar-refractivity contribution is -0.153. The van der Waals surface area contributed by atoms with E-state index in [2.05, 4.69) is 9.46 Å². The van der Waals surface area contributed by atoms with Gasteiger partial charge in [-0.2, -0.15) is 13.2 Å². The molecule has 7 heteroatoms. The summed E-state index contributed by atoms with van der Waals surface area (Å²) in [5.74, 6) is 0.153. The van der Waals surface area contributed by atoms with E-state index in [0.29, 0.717) is 0 Å². The maximum absolute atomic E-state index is 12.0. The van der Waals surface area contributed by atoms with Crippen LogP contribution in [0.2, 0.25) is 0 Å². The normalized spacial score (nSPS) is 15.6. The Kier molecular flexibility index (Phi) is 5.95. The van der Waals surface area contributed by atoms with E-state index in [1.165, 1.54) is 12.1 Å². The number of halogens is 3. The first-order valence-electron chi connectivity index (χ1n) is 6.46. The molecule has 0 heterocycles. The van der Waals surface area contributed by atoms with Crippen LogP contribution in [0, 0.1) is 0 Å². The smallest absolute Gasteiger partial charge is 0.422 e. The van der Waals surface area contributed by atoms with E-state index in [-0.39, 0.29) is 16.5 Å². The number of rotatable bonds is 5. The van der Waals surface area contributed by atoms with Gasteiger partial charge in [0.15, 0.2) is 6.61 Å². The van der Waals surface area contributed by atoms with Gasteiger partial charge in [-0.3, -0.25) is 0 Å². The number of hydrogen-bond donors (Lipinski definition) is 1. The van der Waals surface area contributed by atoms with E-state index in [4.69, 9.17) is 0 Å². The van der Waals surface area contributed by atoms with Crippen molar-refractivity contribution >= 4 is 11.4 Å². The van der Waals surface area contributed by atoms with E-state index in [0.717, 1.165) is 5.56 Å². The first-order chi connectivity index (χ1) is 9.49. The zero-order valence-corrected chi connectivity index (χ0v) is 13.3. The standard InChI is InChI=1S/C14H20F3NO2S/c1-10(18-21(19)13(2,3)4)11-5-7-12(8-6-11)20-9-14(15,16)17/h5-8,10,18H,9H2,1-4H3/t10-,21-/m1/s1. The Morgan fingerprint density at radius 3 is 2.14 bits per heavy atom. The van der Waals surface area contributed by atoms with Crippen LogP contribution in [0.4, 0.5) is 13.2 Å². The van der Waals surface area contributed by atoms with Crippen LogP contribution >= 0.6 is 0 Å². The van der Waals surface area contributed by atoms with E-state index >= 15 is 0 Å². The van der Waals surface area contributed by atoms with Gasteiger partial charge in [0, 0.05) is 11.4 Å². The van der Waals surface area contributed by atoms with Crippen LogP contribution in [0.25, 0.3) is 0 Å². The molecule has 1 aromatic carbocycles. The third-order valence-corrected chi connectivity index (χ3v) is 4.30. The second-order valence-corrected chi connectivity index (χ2v) is 7.69. The first-order valence-corrected chi connectivity index (χ1v) is 7.61. The van der Waals surface area contributed by atoms with Crippen LogP contribution in [-0.4, -0.2) is 22.1 Å². The highest BCUT2D eigenvalue weighted by molar-refractivity contribution is 7.90. The van der Waals surface area contributed by atoms with Crippen molar-refractivity contribution in [3.05, 3.63) is 29.8 Å². The second-order valence-electron chi connectivity index (χ2n) is 5.69. The molecule has 0 saturated carbocycles. The number of hydrogen-bond acceptors (Lipinski definition) is 3. The Bertz CT molecular complexity index is 443. The summed E-state index contributed by atoms with van der Waals surface area (Å²) in [7, 11) is 0. The highest BCUT2D eigenvalue weighted by atomic mass is 32.2. The highest BCUT2D eigenvalue weighted by Gasteiger charge is 2.29. The van der Waals surface area contributed by atoms with Crippen molar-refractivity contribution in [2.75, 3.05) is 6.61 Å². The largest absolute Gasteiger partial charge is 0.598 e. The Balaban J connectivity index is 2.61. The number of benzene rings is 1. The van der Waals surface area contributed by atoms with Crippen molar-refractivity contribution in [3.63, 3.8) is 0 Å². The SMILES string of the molecule is C[C@@H](N[S@+]([O-])C(C)(C)C)c1ccc(OCC(F)(F)F)cc1. The number of alkyl halides is 3. The first kappa shape index (κ1) is 18.1. The number of nitrogens with one attached hydrogen (secondary N) is 1. The molecule has 0 aliphatic rings. The van der Waals surface area contributed by atoms with Crippen molar-refractivity contribution in [3.8, 4) is 5.75 Å². The Hall–Kier alpha value is -0.920. The summed E-state index contributed by atoms with van der Waals surface area (Å²) in [6, 6.07) is 6.08. The molecule has 0 bridgehead atoms.